The average molecular weight is 292 g/mol. The number of likely N-dealkylation sites (N-methyl/N-ethyl adjacent to an activating group) is 1. The molecule has 0 saturated carbocycles. The molecule has 1 aromatic carbocycles. The highest BCUT2D eigenvalue weighted by Crippen LogP contribution is 2.38. The molecule has 22 heavy (non-hydrogen) atoms. The number of allylic oxidation sites excluding steroid dienone is 2. The third kappa shape index (κ3) is 2.08. The second-order valence-corrected chi connectivity index (χ2v) is 5.32. The van der Waals surface area contributed by atoms with Crippen LogP contribution in [0.25, 0.3) is 16.8 Å². The van der Waals surface area contributed by atoms with Gasteiger partial charge in [-0.05, 0) is 18.6 Å². The fraction of sp³-hybridized carbons (Fsp3) is 0.222. The molecule has 2 aromatic rings. The van der Waals surface area contributed by atoms with Crippen molar-refractivity contribution in [2.45, 2.75) is 13.5 Å². The van der Waals surface area contributed by atoms with E-state index in [-0.39, 0.29) is 0 Å². The molecule has 1 aromatic heterocycles. The molecule has 0 spiro atoms. The third-order valence-corrected chi connectivity index (χ3v) is 4.06. The van der Waals surface area contributed by atoms with Gasteiger partial charge in [0.25, 0.3) is 0 Å². The summed E-state index contributed by atoms with van der Waals surface area (Å²) < 4.78 is 1.93. The Bertz CT molecular complexity index is 767. The fourth-order valence-corrected chi connectivity index (χ4v) is 2.97. The molecule has 0 bridgehead atoms. The van der Waals surface area contributed by atoms with E-state index in [4.69, 9.17) is 0 Å². The van der Waals surface area contributed by atoms with Gasteiger partial charge in [-0.2, -0.15) is 0 Å². The quantitative estimate of drug-likeness (QED) is 0.867. The highest BCUT2D eigenvalue weighted by molar-refractivity contribution is 5.90. The summed E-state index contributed by atoms with van der Waals surface area (Å²) >= 11 is 0. The number of hydrogen-bond donors (Lipinski definition) is 0. The van der Waals surface area contributed by atoms with Gasteiger partial charge >= 0.3 is 0 Å². The maximum absolute atomic E-state index is 4.44. The fourth-order valence-electron chi connectivity index (χ4n) is 2.97. The van der Waals surface area contributed by atoms with Crippen LogP contribution in [-0.4, -0.2) is 28.6 Å². The number of rotatable bonds is 3. The van der Waals surface area contributed by atoms with E-state index in [1.54, 1.807) is 0 Å². The van der Waals surface area contributed by atoms with Gasteiger partial charge in [-0.15, -0.1) is 5.10 Å². The van der Waals surface area contributed by atoms with Crippen LogP contribution in [0, 0.1) is 0 Å². The second-order valence-electron chi connectivity index (χ2n) is 5.32. The van der Waals surface area contributed by atoms with E-state index >= 15 is 0 Å². The molecule has 1 aliphatic rings. The molecular weight excluding hydrogens is 272 g/mol. The minimum absolute atomic E-state index is 0.766. The van der Waals surface area contributed by atoms with E-state index < -0.39 is 0 Å². The van der Waals surface area contributed by atoms with Crippen LogP contribution < -0.4 is 4.90 Å². The minimum atomic E-state index is 0.766. The van der Waals surface area contributed by atoms with Crippen LogP contribution in [0.5, 0.6) is 0 Å². The van der Waals surface area contributed by atoms with Crippen LogP contribution in [0.3, 0.4) is 0 Å². The van der Waals surface area contributed by atoms with Crippen molar-refractivity contribution in [1.29, 1.82) is 0 Å². The Kier molecular flexibility index (Phi) is 3.67. The third-order valence-electron chi connectivity index (χ3n) is 4.06. The summed E-state index contributed by atoms with van der Waals surface area (Å²) in [6, 6.07) is 8.30. The molecule has 4 nitrogen and oxygen atoms in total. The number of para-hydroxylation sites is 1. The summed E-state index contributed by atoms with van der Waals surface area (Å²) in [5.74, 6) is 0. The van der Waals surface area contributed by atoms with E-state index in [0.29, 0.717) is 0 Å². The van der Waals surface area contributed by atoms with Crippen molar-refractivity contribution in [3.05, 3.63) is 60.8 Å². The number of aryl methyl sites for hydroxylation is 1. The van der Waals surface area contributed by atoms with E-state index in [9.17, 15) is 0 Å². The first kappa shape index (κ1) is 14.3. The number of aromatic nitrogens is 3. The van der Waals surface area contributed by atoms with Crippen molar-refractivity contribution in [1.82, 2.24) is 15.0 Å². The van der Waals surface area contributed by atoms with E-state index in [0.717, 1.165) is 46.9 Å². The molecule has 1 aliphatic heterocycles. The summed E-state index contributed by atoms with van der Waals surface area (Å²) in [7, 11) is 2.08. The topological polar surface area (TPSA) is 34.0 Å². The summed E-state index contributed by atoms with van der Waals surface area (Å²) in [6.07, 6.45) is 3.78. The molecule has 0 N–H and O–H groups in total. The summed E-state index contributed by atoms with van der Waals surface area (Å²) in [4.78, 5) is 2.21. The van der Waals surface area contributed by atoms with Gasteiger partial charge in [0.2, 0.25) is 0 Å². The lowest BCUT2D eigenvalue weighted by atomic mass is 9.96. The summed E-state index contributed by atoms with van der Waals surface area (Å²) in [5, 5.41) is 8.76. The summed E-state index contributed by atoms with van der Waals surface area (Å²) in [5.41, 5.74) is 6.35. The van der Waals surface area contributed by atoms with E-state index in [1.165, 1.54) is 0 Å². The molecule has 0 saturated heterocycles. The molecule has 0 radical (unpaired) electrons. The van der Waals surface area contributed by atoms with Crippen molar-refractivity contribution < 1.29 is 0 Å². The maximum atomic E-state index is 4.44. The Hall–Kier alpha value is -2.62. The smallest absolute Gasteiger partial charge is 0.123 e. The zero-order valence-electron chi connectivity index (χ0n) is 13.1. The standard InChI is InChI=1S/C18H20N4/c1-5-13-12-21(4)16-11-9-8-10-15(16)17-18(14(13)6-2)22(7-3)20-19-17/h5-6,8-11H,1-2,7,12H2,3-4H3/b14-13-. The largest absolute Gasteiger partial charge is 0.370 e. The van der Waals surface area contributed by atoms with Gasteiger partial charge in [0.15, 0.2) is 0 Å². The van der Waals surface area contributed by atoms with Gasteiger partial charge in [0.1, 0.15) is 5.69 Å². The van der Waals surface area contributed by atoms with Crippen molar-refractivity contribution in [3.63, 3.8) is 0 Å². The molecule has 112 valence electrons. The van der Waals surface area contributed by atoms with Crippen molar-refractivity contribution in [2.24, 2.45) is 0 Å². The number of fused-ring (bicyclic) bond motifs is 3. The molecule has 0 amide bonds. The lowest BCUT2D eigenvalue weighted by Crippen LogP contribution is -2.22. The normalized spacial score (nSPS) is 17.3. The molecule has 2 heterocycles. The van der Waals surface area contributed by atoms with Gasteiger partial charge < -0.3 is 4.90 Å². The lowest BCUT2D eigenvalue weighted by Gasteiger charge is -2.26. The van der Waals surface area contributed by atoms with Crippen LogP contribution in [-0.2, 0) is 6.54 Å². The first-order valence-electron chi connectivity index (χ1n) is 7.43. The lowest BCUT2D eigenvalue weighted by molar-refractivity contribution is 0.620. The monoisotopic (exact) mass is 292 g/mol. The molecule has 4 heteroatoms. The van der Waals surface area contributed by atoms with Gasteiger partial charge in [-0.25, -0.2) is 4.68 Å². The maximum Gasteiger partial charge on any atom is 0.123 e. The number of benzene rings is 1. The molecule has 0 fully saturated rings. The molecule has 0 unspecified atom stereocenters. The highest BCUT2D eigenvalue weighted by atomic mass is 15.4. The zero-order valence-corrected chi connectivity index (χ0v) is 13.1. The Morgan fingerprint density at radius 2 is 2.00 bits per heavy atom. The minimum Gasteiger partial charge on any atom is -0.370 e. The Morgan fingerprint density at radius 1 is 1.23 bits per heavy atom. The van der Waals surface area contributed by atoms with Crippen LogP contribution in [0.1, 0.15) is 12.6 Å². The molecule has 0 aliphatic carbocycles. The summed E-state index contributed by atoms with van der Waals surface area (Å²) in [6.45, 7) is 11.6. The predicted octanol–water partition coefficient (Wildman–Crippen LogP) is 3.54. The van der Waals surface area contributed by atoms with Gasteiger partial charge in [0, 0.05) is 37.0 Å². The van der Waals surface area contributed by atoms with Crippen LogP contribution in [0.15, 0.2) is 55.1 Å². The first-order valence-corrected chi connectivity index (χ1v) is 7.43. The van der Waals surface area contributed by atoms with Crippen molar-refractivity contribution in [3.8, 4) is 11.3 Å². The Balaban J connectivity index is 2.40. The number of nitrogens with zero attached hydrogens (tertiary/aromatic N) is 4. The van der Waals surface area contributed by atoms with Crippen LogP contribution in [0.2, 0.25) is 0 Å². The zero-order chi connectivity index (χ0) is 15.7. The molecule has 0 atom stereocenters. The van der Waals surface area contributed by atoms with Crippen LogP contribution >= 0.6 is 0 Å². The van der Waals surface area contributed by atoms with Gasteiger partial charge in [0.05, 0.1) is 5.69 Å². The van der Waals surface area contributed by atoms with E-state index in [2.05, 4.69) is 54.5 Å². The Morgan fingerprint density at radius 3 is 2.68 bits per heavy atom. The highest BCUT2D eigenvalue weighted by Gasteiger charge is 2.24. The molecular formula is C18H20N4. The Labute approximate surface area is 131 Å². The number of hydrogen-bond acceptors (Lipinski definition) is 3. The predicted molar refractivity (Wildman–Crippen MR) is 91.7 cm³/mol. The second kappa shape index (κ2) is 5.64. The number of anilines is 1. The van der Waals surface area contributed by atoms with Crippen LogP contribution in [0.4, 0.5) is 5.69 Å². The van der Waals surface area contributed by atoms with Gasteiger partial charge in [-0.1, -0.05) is 48.7 Å². The first-order chi connectivity index (χ1) is 10.7. The van der Waals surface area contributed by atoms with Gasteiger partial charge in [-0.3, -0.25) is 0 Å². The van der Waals surface area contributed by atoms with Crippen molar-refractivity contribution in [2.75, 3.05) is 18.5 Å². The van der Waals surface area contributed by atoms with E-state index in [1.807, 2.05) is 29.0 Å². The SMILES string of the molecule is C=C/C1=C(\C=C)c2c(nnn2CC)-c2ccccc2N(C)C1. The molecule has 3 rings (SSSR count). The average Bonchev–Trinajstić information content (AvgIpc) is 2.96. The van der Waals surface area contributed by atoms with Crippen molar-refractivity contribution >= 4 is 11.3 Å².